The SMILES string of the molecule is CC(Br)C(=O)N[C@H](C)c1ccc(F)cc1. The highest BCUT2D eigenvalue weighted by Crippen LogP contribution is 2.13. The van der Waals surface area contributed by atoms with E-state index >= 15 is 0 Å². The molecule has 1 N–H and O–H groups in total. The molecule has 0 aliphatic rings. The first-order chi connectivity index (χ1) is 7.00. The topological polar surface area (TPSA) is 29.1 Å². The lowest BCUT2D eigenvalue weighted by Crippen LogP contribution is -2.31. The first kappa shape index (κ1) is 12.2. The number of benzene rings is 1. The Kier molecular flexibility index (Phi) is 4.27. The number of rotatable bonds is 3. The van der Waals surface area contributed by atoms with Crippen LogP contribution in [0.1, 0.15) is 25.5 Å². The summed E-state index contributed by atoms with van der Waals surface area (Å²) in [6.45, 7) is 3.62. The Morgan fingerprint density at radius 3 is 2.33 bits per heavy atom. The van der Waals surface area contributed by atoms with Crippen molar-refractivity contribution in [3.8, 4) is 0 Å². The molecule has 1 aromatic carbocycles. The van der Waals surface area contributed by atoms with E-state index in [-0.39, 0.29) is 22.6 Å². The second kappa shape index (κ2) is 5.26. The highest BCUT2D eigenvalue weighted by atomic mass is 79.9. The predicted octanol–water partition coefficient (Wildman–Crippen LogP) is 2.79. The number of nitrogens with one attached hydrogen (secondary N) is 1. The quantitative estimate of drug-likeness (QED) is 0.844. The monoisotopic (exact) mass is 273 g/mol. The van der Waals surface area contributed by atoms with Crippen LogP contribution in [-0.2, 0) is 4.79 Å². The van der Waals surface area contributed by atoms with E-state index in [4.69, 9.17) is 0 Å². The highest BCUT2D eigenvalue weighted by molar-refractivity contribution is 9.10. The molecule has 0 heterocycles. The number of halogens is 2. The number of amides is 1. The molecule has 0 fully saturated rings. The molecule has 0 bridgehead atoms. The maximum atomic E-state index is 12.6. The molecule has 1 rings (SSSR count). The van der Waals surface area contributed by atoms with Gasteiger partial charge in [-0.15, -0.1) is 0 Å². The Morgan fingerprint density at radius 2 is 1.87 bits per heavy atom. The molecule has 1 aromatic rings. The zero-order chi connectivity index (χ0) is 11.4. The minimum Gasteiger partial charge on any atom is -0.349 e. The van der Waals surface area contributed by atoms with Crippen LogP contribution in [0.5, 0.6) is 0 Å². The number of carbonyl (C=O) groups excluding carboxylic acids is 1. The lowest BCUT2D eigenvalue weighted by atomic mass is 10.1. The largest absolute Gasteiger partial charge is 0.349 e. The molecule has 15 heavy (non-hydrogen) atoms. The second-order valence-corrected chi connectivity index (χ2v) is 4.77. The van der Waals surface area contributed by atoms with Gasteiger partial charge in [0.1, 0.15) is 5.82 Å². The Balaban J connectivity index is 2.65. The van der Waals surface area contributed by atoms with Crippen LogP contribution in [0.3, 0.4) is 0 Å². The zero-order valence-electron chi connectivity index (χ0n) is 8.63. The van der Waals surface area contributed by atoms with E-state index in [0.717, 1.165) is 5.56 Å². The van der Waals surface area contributed by atoms with E-state index in [0.29, 0.717) is 0 Å². The molecule has 0 saturated heterocycles. The van der Waals surface area contributed by atoms with Crippen molar-refractivity contribution in [3.63, 3.8) is 0 Å². The second-order valence-electron chi connectivity index (χ2n) is 3.40. The molecular formula is C11H13BrFNO. The summed E-state index contributed by atoms with van der Waals surface area (Å²) in [7, 11) is 0. The van der Waals surface area contributed by atoms with Gasteiger partial charge in [-0.2, -0.15) is 0 Å². The van der Waals surface area contributed by atoms with Gasteiger partial charge in [-0.1, -0.05) is 28.1 Å². The summed E-state index contributed by atoms with van der Waals surface area (Å²) in [6, 6.07) is 5.99. The van der Waals surface area contributed by atoms with Crippen LogP contribution in [0.15, 0.2) is 24.3 Å². The predicted molar refractivity (Wildman–Crippen MR) is 61.3 cm³/mol. The summed E-state index contributed by atoms with van der Waals surface area (Å²) in [6.07, 6.45) is 0. The van der Waals surface area contributed by atoms with Crippen LogP contribution in [0.2, 0.25) is 0 Å². The molecule has 0 aromatic heterocycles. The molecule has 1 unspecified atom stereocenters. The van der Waals surface area contributed by atoms with Crippen molar-refractivity contribution >= 4 is 21.8 Å². The Hall–Kier alpha value is -0.900. The van der Waals surface area contributed by atoms with E-state index < -0.39 is 0 Å². The van der Waals surface area contributed by atoms with Crippen molar-refractivity contribution in [3.05, 3.63) is 35.6 Å². The first-order valence-electron chi connectivity index (χ1n) is 4.70. The van der Waals surface area contributed by atoms with Crippen molar-refractivity contribution in [2.24, 2.45) is 0 Å². The van der Waals surface area contributed by atoms with E-state index in [9.17, 15) is 9.18 Å². The summed E-state index contributed by atoms with van der Waals surface area (Å²) >= 11 is 3.18. The maximum Gasteiger partial charge on any atom is 0.233 e. The minimum absolute atomic E-state index is 0.0770. The maximum absolute atomic E-state index is 12.6. The van der Waals surface area contributed by atoms with Gasteiger partial charge in [0.2, 0.25) is 5.91 Å². The molecule has 0 aliphatic heterocycles. The lowest BCUT2D eigenvalue weighted by molar-refractivity contribution is -0.120. The molecule has 0 radical (unpaired) electrons. The summed E-state index contributed by atoms with van der Waals surface area (Å²) < 4.78 is 12.6. The fraction of sp³-hybridized carbons (Fsp3) is 0.364. The van der Waals surface area contributed by atoms with Crippen LogP contribution in [0.25, 0.3) is 0 Å². The summed E-state index contributed by atoms with van der Waals surface area (Å²) in [5.74, 6) is -0.349. The van der Waals surface area contributed by atoms with Crippen molar-refractivity contribution in [2.45, 2.75) is 24.7 Å². The highest BCUT2D eigenvalue weighted by Gasteiger charge is 2.13. The van der Waals surface area contributed by atoms with Crippen molar-refractivity contribution in [1.29, 1.82) is 0 Å². The Morgan fingerprint density at radius 1 is 1.33 bits per heavy atom. The molecule has 0 spiro atoms. The first-order valence-corrected chi connectivity index (χ1v) is 5.62. The van der Waals surface area contributed by atoms with Gasteiger partial charge in [-0.25, -0.2) is 4.39 Å². The van der Waals surface area contributed by atoms with Gasteiger partial charge >= 0.3 is 0 Å². The molecule has 2 nitrogen and oxygen atoms in total. The van der Waals surface area contributed by atoms with Crippen LogP contribution < -0.4 is 5.32 Å². The molecule has 4 heteroatoms. The Labute approximate surface area is 97.0 Å². The molecule has 0 saturated carbocycles. The fourth-order valence-electron chi connectivity index (χ4n) is 1.16. The van der Waals surface area contributed by atoms with Crippen molar-refractivity contribution in [2.75, 3.05) is 0 Å². The fourth-order valence-corrected chi connectivity index (χ4v) is 1.30. The van der Waals surface area contributed by atoms with Crippen LogP contribution >= 0.6 is 15.9 Å². The number of hydrogen-bond acceptors (Lipinski definition) is 1. The third kappa shape index (κ3) is 3.63. The lowest BCUT2D eigenvalue weighted by Gasteiger charge is -2.15. The Bertz CT molecular complexity index is 337. The van der Waals surface area contributed by atoms with Crippen LogP contribution in [-0.4, -0.2) is 10.7 Å². The van der Waals surface area contributed by atoms with Crippen LogP contribution in [0, 0.1) is 5.82 Å². The van der Waals surface area contributed by atoms with Crippen molar-refractivity contribution < 1.29 is 9.18 Å². The van der Waals surface area contributed by atoms with Gasteiger partial charge in [0.05, 0.1) is 10.9 Å². The molecule has 0 aliphatic carbocycles. The van der Waals surface area contributed by atoms with Crippen LogP contribution in [0.4, 0.5) is 4.39 Å². The van der Waals surface area contributed by atoms with E-state index in [2.05, 4.69) is 21.2 Å². The van der Waals surface area contributed by atoms with Crippen molar-refractivity contribution in [1.82, 2.24) is 5.32 Å². The normalized spacial score (nSPS) is 14.4. The van der Waals surface area contributed by atoms with E-state index in [1.54, 1.807) is 19.1 Å². The minimum atomic E-state index is -0.272. The molecule has 82 valence electrons. The average Bonchev–Trinajstić information content (AvgIpc) is 2.18. The smallest absolute Gasteiger partial charge is 0.233 e. The van der Waals surface area contributed by atoms with E-state index in [1.165, 1.54) is 12.1 Å². The number of hydrogen-bond donors (Lipinski definition) is 1. The third-order valence-electron chi connectivity index (χ3n) is 2.09. The number of carbonyl (C=O) groups is 1. The van der Waals surface area contributed by atoms with Gasteiger partial charge < -0.3 is 5.32 Å². The molecule has 2 atom stereocenters. The molecular weight excluding hydrogens is 261 g/mol. The van der Waals surface area contributed by atoms with Gasteiger partial charge in [-0.05, 0) is 31.5 Å². The summed E-state index contributed by atoms with van der Waals surface area (Å²) in [5, 5.41) is 2.81. The average molecular weight is 274 g/mol. The number of alkyl halides is 1. The molecule has 1 amide bonds. The zero-order valence-corrected chi connectivity index (χ0v) is 10.2. The van der Waals surface area contributed by atoms with E-state index in [1.807, 2.05) is 6.92 Å². The summed E-state index contributed by atoms with van der Waals surface area (Å²) in [5.41, 5.74) is 0.887. The van der Waals surface area contributed by atoms with Gasteiger partial charge in [0.15, 0.2) is 0 Å². The standard InChI is InChI=1S/C11H13BrFNO/c1-7(12)11(15)14-8(2)9-3-5-10(13)6-4-9/h3-8H,1-2H3,(H,14,15)/t7?,8-/m1/s1. The van der Waals surface area contributed by atoms with Gasteiger partial charge in [0, 0.05) is 0 Å². The van der Waals surface area contributed by atoms with Gasteiger partial charge in [-0.3, -0.25) is 4.79 Å². The summed E-state index contributed by atoms with van der Waals surface area (Å²) in [4.78, 5) is 11.1. The van der Waals surface area contributed by atoms with Gasteiger partial charge in [0.25, 0.3) is 0 Å². The third-order valence-corrected chi connectivity index (χ3v) is 2.51.